The molecule has 1 aromatic carbocycles. The van der Waals surface area contributed by atoms with Gasteiger partial charge < -0.3 is 0 Å². The van der Waals surface area contributed by atoms with Crippen molar-refractivity contribution in [1.82, 2.24) is 4.72 Å². The third kappa shape index (κ3) is 6.38. The standard InChI is InChI=1S/C9H16N4O4S2/c1-7(2)11-19(16,17)13-9-5-3-4-8(6-9)12-18(10,14)15/h3-7,11-13H,1-2H3,(H2,10,14,15). The summed E-state index contributed by atoms with van der Waals surface area (Å²) in [5.41, 5.74) is 0.369. The monoisotopic (exact) mass is 308 g/mol. The molecule has 10 heteroatoms. The van der Waals surface area contributed by atoms with Crippen LogP contribution < -0.4 is 19.3 Å². The van der Waals surface area contributed by atoms with Gasteiger partial charge in [0.2, 0.25) is 0 Å². The fourth-order valence-corrected chi connectivity index (χ4v) is 2.88. The van der Waals surface area contributed by atoms with Gasteiger partial charge in [-0.3, -0.25) is 9.44 Å². The first kappa shape index (κ1) is 15.7. The maximum atomic E-state index is 11.6. The number of benzene rings is 1. The van der Waals surface area contributed by atoms with Gasteiger partial charge in [-0.1, -0.05) is 6.07 Å². The zero-order valence-electron chi connectivity index (χ0n) is 10.4. The second kappa shape index (κ2) is 5.74. The molecule has 0 unspecified atom stereocenters. The van der Waals surface area contributed by atoms with Gasteiger partial charge in [0.15, 0.2) is 0 Å². The Kier molecular flexibility index (Phi) is 4.74. The molecule has 0 aromatic heterocycles. The Morgan fingerprint density at radius 1 is 1.05 bits per heavy atom. The lowest BCUT2D eigenvalue weighted by Crippen LogP contribution is -2.35. The number of hydrogen-bond donors (Lipinski definition) is 4. The van der Waals surface area contributed by atoms with Crippen LogP contribution in [0.2, 0.25) is 0 Å². The van der Waals surface area contributed by atoms with Crippen molar-refractivity contribution in [2.45, 2.75) is 19.9 Å². The first-order chi connectivity index (χ1) is 8.57. The number of nitrogens with two attached hydrogens (primary N) is 1. The van der Waals surface area contributed by atoms with Crippen LogP contribution in [-0.2, 0) is 20.4 Å². The lowest BCUT2D eigenvalue weighted by molar-refractivity contribution is 0.575. The van der Waals surface area contributed by atoms with Crippen LogP contribution in [-0.4, -0.2) is 22.9 Å². The predicted octanol–water partition coefficient (Wildman–Crippen LogP) is -0.0433. The third-order valence-corrected chi connectivity index (χ3v) is 3.57. The minimum absolute atomic E-state index is 0.159. The summed E-state index contributed by atoms with van der Waals surface area (Å²) in [5, 5.41) is 4.82. The topological polar surface area (TPSA) is 130 Å². The van der Waals surface area contributed by atoms with E-state index in [4.69, 9.17) is 5.14 Å². The van der Waals surface area contributed by atoms with E-state index in [1.807, 2.05) is 4.72 Å². The van der Waals surface area contributed by atoms with Gasteiger partial charge in [0, 0.05) is 6.04 Å². The summed E-state index contributed by atoms with van der Waals surface area (Å²) in [7, 11) is -7.60. The van der Waals surface area contributed by atoms with Crippen molar-refractivity contribution in [1.29, 1.82) is 0 Å². The summed E-state index contributed by atoms with van der Waals surface area (Å²) in [4.78, 5) is 0. The molecule has 1 rings (SSSR count). The molecular weight excluding hydrogens is 292 g/mol. The molecule has 19 heavy (non-hydrogen) atoms. The fraction of sp³-hybridized carbons (Fsp3) is 0.333. The largest absolute Gasteiger partial charge is 0.299 e. The van der Waals surface area contributed by atoms with Gasteiger partial charge in [-0.15, -0.1) is 0 Å². The molecule has 108 valence electrons. The summed E-state index contributed by atoms with van der Waals surface area (Å²) in [5.74, 6) is 0. The predicted molar refractivity (Wildman–Crippen MR) is 74.0 cm³/mol. The Hall–Kier alpha value is -1.36. The van der Waals surface area contributed by atoms with Crippen LogP contribution in [0.4, 0.5) is 11.4 Å². The number of rotatable bonds is 6. The molecule has 0 saturated heterocycles. The number of hydrogen-bond acceptors (Lipinski definition) is 4. The van der Waals surface area contributed by atoms with Gasteiger partial charge in [0.05, 0.1) is 11.4 Å². The van der Waals surface area contributed by atoms with E-state index in [0.717, 1.165) is 0 Å². The third-order valence-electron chi connectivity index (χ3n) is 1.77. The highest BCUT2D eigenvalue weighted by Gasteiger charge is 2.11. The van der Waals surface area contributed by atoms with E-state index in [9.17, 15) is 16.8 Å². The molecule has 0 heterocycles. The molecule has 0 amide bonds. The molecule has 1 aromatic rings. The molecular formula is C9H16N4O4S2. The van der Waals surface area contributed by atoms with Crippen LogP contribution in [0.15, 0.2) is 24.3 Å². The zero-order chi connectivity index (χ0) is 14.7. The van der Waals surface area contributed by atoms with Gasteiger partial charge in [0.1, 0.15) is 0 Å². The average molecular weight is 308 g/mol. The van der Waals surface area contributed by atoms with Crippen molar-refractivity contribution in [3.8, 4) is 0 Å². The van der Waals surface area contributed by atoms with E-state index in [-0.39, 0.29) is 17.4 Å². The Labute approximate surface area is 112 Å². The van der Waals surface area contributed by atoms with Crippen molar-refractivity contribution in [2.24, 2.45) is 5.14 Å². The summed E-state index contributed by atoms with van der Waals surface area (Å²) in [6.07, 6.45) is 0. The van der Waals surface area contributed by atoms with Crippen molar-refractivity contribution in [3.05, 3.63) is 24.3 Å². The van der Waals surface area contributed by atoms with E-state index in [1.165, 1.54) is 24.3 Å². The van der Waals surface area contributed by atoms with Crippen molar-refractivity contribution in [3.63, 3.8) is 0 Å². The molecule has 0 spiro atoms. The van der Waals surface area contributed by atoms with Crippen LogP contribution in [0, 0.1) is 0 Å². The van der Waals surface area contributed by atoms with E-state index in [0.29, 0.717) is 0 Å². The molecule has 0 bridgehead atoms. The quantitative estimate of drug-likeness (QED) is 0.587. The maximum absolute atomic E-state index is 11.6. The molecule has 0 saturated carbocycles. The number of anilines is 2. The molecule has 8 nitrogen and oxygen atoms in total. The van der Waals surface area contributed by atoms with Gasteiger partial charge in [-0.25, -0.2) is 5.14 Å². The van der Waals surface area contributed by atoms with E-state index in [1.54, 1.807) is 13.8 Å². The fourth-order valence-electron chi connectivity index (χ4n) is 1.31. The average Bonchev–Trinajstić information content (AvgIpc) is 2.11. The highest BCUT2D eigenvalue weighted by atomic mass is 32.2. The molecule has 0 aliphatic heterocycles. The normalized spacial score (nSPS) is 12.4. The molecule has 5 N–H and O–H groups in total. The summed E-state index contributed by atoms with van der Waals surface area (Å²) >= 11 is 0. The Balaban J connectivity index is 2.89. The molecule has 0 fully saturated rings. The Morgan fingerprint density at radius 2 is 1.58 bits per heavy atom. The van der Waals surface area contributed by atoms with Gasteiger partial charge >= 0.3 is 0 Å². The van der Waals surface area contributed by atoms with Gasteiger partial charge in [-0.05, 0) is 32.0 Å². The van der Waals surface area contributed by atoms with Crippen LogP contribution >= 0.6 is 0 Å². The highest BCUT2D eigenvalue weighted by Crippen LogP contribution is 2.16. The van der Waals surface area contributed by atoms with Crippen LogP contribution in [0.1, 0.15) is 13.8 Å². The molecule has 0 aliphatic rings. The van der Waals surface area contributed by atoms with Crippen molar-refractivity contribution in [2.75, 3.05) is 9.44 Å². The zero-order valence-corrected chi connectivity index (χ0v) is 12.0. The van der Waals surface area contributed by atoms with Crippen LogP contribution in [0.5, 0.6) is 0 Å². The lowest BCUT2D eigenvalue weighted by atomic mass is 10.3. The van der Waals surface area contributed by atoms with Gasteiger partial charge in [-0.2, -0.15) is 21.6 Å². The Morgan fingerprint density at radius 3 is 2.05 bits per heavy atom. The Bertz CT molecular complexity index is 640. The highest BCUT2D eigenvalue weighted by molar-refractivity contribution is 7.91. The van der Waals surface area contributed by atoms with E-state index in [2.05, 4.69) is 9.44 Å². The lowest BCUT2D eigenvalue weighted by Gasteiger charge is -2.12. The first-order valence-corrected chi connectivity index (χ1v) is 8.31. The van der Waals surface area contributed by atoms with Crippen LogP contribution in [0.25, 0.3) is 0 Å². The van der Waals surface area contributed by atoms with E-state index < -0.39 is 20.4 Å². The van der Waals surface area contributed by atoms with E-state index >= 15 is 0 Å². The number of nitrogens with one attached hydrogen (secondary N) is 3. The smallest absolute Gasteiger partial charge is 0.271 e. The molecule has 0 atom stereocenters. The maximum Gasteiger partial charge on any atom is 0.299 e. The molecule has 0 radical (unpaired) electrons. The second-order valence-electron chi connectivity index (χ2n) is 4.11. The second-order valence-corrected chi connectivity index (χ2v) is 6.85. The van der Waals surface area contributed by atoms with Crippen molar-refractivity contribution >= 4 is 31.8 Å². The minimum Gasteiger partial charge on any atom is -0.271 e. The van der Waals surface area contributed by atoms with Crippen LogP contribution in [0.3, 0.4) is 0 Å². The molecule has 0 aliphatic carbocycles. The minimum atomic E-state index is -3.90. The van der Waals surface area contributed by atoms with Crippen molar-refractivity contribution < 1.29 is 16.8 Å². The summed E-state index contributed by atoms with van der Waals surface area (Å²) in [6, 6.07) is 5.46. The summed E-state index contributed by atoms with van der Waals surface area (Å²) in [6.45, 7) is 3.36. The van der Waals surface area contributed by atoms with Gasteiger partial charge in [0.25, 0.3) is 20.4 Å². The SMILES string of the molecule is CC(C)NS(=O)(=O)Nc1cccc(NS(N)(=O)=O)c1. The first-order valence-electron chi connectivity index (χ1n) is 5.28. The summed E-state index contributed by atoms with van der Waals surface area (Å²) < 4.78 is 51.6.